The lowest BCUT2D eigenvalue weighted by Crippen LogP contribution is -2.14. The first-order chi connectivity index (χ1) is 6.92. The van der Waals surface area contributed by atoms with E-state index in [0.29, 0.717) is 6.04 Å². The normalized spacial score (nSPS) is 21.1. The Hall–Kier alpha value is -1.02. The van der Waals surface area contributed by atoms with E-state index in [9.17, 15) is 0 Å². The summed E-state index contributed by atoms with van der Waals surface area (Å²) in [6, 6.07) is 8.83. The molecule has 1 fully saturated rings. The van der Waals surface area contributed by atoms with Gasteiger partial charge in [0.1, 0.15) is 5.75 Å². The van der Waals surface area contributed by atoms with Crippen LogP contribution in [-0.4, -0.2) is 13.2 Å². The Labute approximate surface area is 85.3 Å². The second-order valence-corrected chi connectivity index (χ2v) is 3.62. The fraction of sp³-hybridized carbons (Fsp3) is 0.500. The SMILES string of the molecule is CCOc1ccccc1C1CCCN1. The number of hydrogen-bond acceptors (Lipinski definition) is 2. The van der Waals surface area contributed by atoms with Gasteiger partial charge in [-0.3, -0.25) is 0 Å². The predicted molar refractivity (Wildman–Crippen MR) is 57.6 cm³/mol. The highest BCUT2D eigenvalue weighted by Crippen LogP contribution is 2.30. The van der Waals surface area contributed by atoms with Gasteiger partial charge < -0.3 is 10.1 Å². The Balaban J connectivity index is 2.21. The van der Waals surface area contributed by atoms with E-state index < -0.39 is 0 Å². The number of ether oxygens (including phenoxy) is 1. The third-order valence-electron chi connectivity index (χ3n) is 2.65. The summed E-state index contributed by atoms with van der Waals surface area (Å²) in [5.41, 5.74) is 1.31. The van der Waals surface area contributed by atoms with Gasteiger partial charge in [0.05, 0.1) is 6.61 Å². The molecule has 0 amide bonds. The number of nitrogens with one attached hydrogen (secondary N) is 1. The van der Waals surface area contributed by atoms with Gasteiger partial charge in [-0.05, 0) is 32.4 Å². The quantitative estimate of drug-likeness (QED) is 0.792. The maximum atomic E-state index is 5.61. The molecule has 76 valence electrons. The Morgan fingerprint density at radius 2 is 2.29 bits per heavy atom. The van der Waals surface area contributed by atoms with Crippen LogP contribution in [0.2, 0.25) is 0 Å². The Morgan fingerprint density at radius 3 is 3.00 bits per heavy atom. The molecule has 2 nitrogen and oxygen atoms in total. The van der Waals surface area contributed by atoms with Gasteiger partial charge in [0.15, 0.2) is 0 Å². The third kappa shape index (κ3) is 1.90. The third-order valence-corrected chi connectivity index (χ3v) is 2.65. The van der Waals surface area contributed by atoms with E-state index in [-0.39, 0.29) is 0 Å². The molecule has 1 unspecified atom stereocenters. The van der Waals surface area contributed by atoms with Crippen molar-refractivity contribution in [2.45, 2.75) is 25.8 Å². The molecule has 0 spiro atoms. The van der Waals surface area contributed by atoms with E-state index in [1.54, 1.807) is 0 Å². The Bertz CT molecular complexity index is 292. The molecule has 1 N–H and O–H groups in total. The molecule has 0 saturated carbocycles. The molecule has 1 saturated heterocycles. The van der Waals surface area contributed by atoms with Crippen molar-refractivity contribution in [3.63, 3.8) is 0 Å². The number of para-hydroxylation sites is 1. The van der Waals surface area contributed by atoms with Crippen molar-refractivity contribution >= 4 is 0 Å². The molecule has 2 heteroatoms. The summed E-state index contributed by atoms with van der Waals surface area (Å²) in [7, 11) is 0. The Kier molecular flexibility index (Phi) is 3.04. The van der Waals surface area contributed by atoms with Crippen molar-refractivity contribution in [3.05, 3.63) is 29.8 Å². The number of hydrogen-bond donors (Lipinski definition) is 1. The average molecular weight is 191 g/mol. The molecule has 1 aromatic rings. The summed E-state index contributed by atoms with van der Waals surface area (Å²) >= 11 is 0. The van der Waals surface area contributed by atoms with Gasteiger partial charge in [-0.2, -0.15) is 0 Å². The van der Waals surface area contributed by atoms with Crippen LogP contribution >= 0.6 is 0 Å². The first-order valence-corrected chi connectivity index (χ1v) is 5.37. The van der Waals surface area contributed by atoms with Crippen molar-refractivity contribution in [2.75, 3.05) is 13.2 Å². The standard InChI is InChI=1S/C12H17NO/c1-2-14-12-8-4-3-6-10(12)11-7-5-9-13-11/h3-4,6,8,11,13H,2,5,7,9H2,1H3. The largest absolute Gasteiger partial charge is 0.494 e. The second kappa shape index (κ2) is 4.47. The van der Waals surface area contributed by atoms with Crippen LogP contribution in [0.3, 0.4) is 0 Å². The lowest BCUT2D eigenvalue weighted by Gasteiger charge is -2.15. The van der Waals surface area contributed by atoms with Gasteiger partial charge in [0.2, 0.25) is 0 Å². The predicted octanol–water partition coefficient (Wildman–Crippen LogP) is 2.51. The minimum absolute atomic E-state index is 0.498. The highest BCUT2D eigenvalue weighted by atomic mass is 16.5. The monoisotopic (exact) mass is 191 g/mol. The molecule has 1 atom stereocenters. The molecule has 0 aliphatic carbocycles. The van der Waals surface area contributed by atoms with Crippen LogP contribution < -0.4 is 10.1 Å². The molecule has 0 bridgehead atoms. The van der Waals surface area contributed by atoms with E-state index in [0.717, 1.165) is 18.9 Å². The van der Waals surface area contributed by atoms with Crippen LogP contribution in [0, 0.1) is 0 Å². The molecule has 1 aromatic carbocycles. The van der Waals surface area contributed by atoms with Gasteiger partial charge in [-0.15, -0.1) is 0 Å². The van der Waals surface area contributed by atoms with Crippen molar-refractivity contribution in [3.8, 4) is 5.75 Å². The zero-order chi connectivity index (χ0) is 9.80. The highest BCUT2D eigenvalue weighted by Gasteiger charge is 2.19. The second-order valence-electron chi connectivity index (χ2n) is 3.62. The van der Waals surface area contributed by atoms with Crippen LogP contribution in [0.4, 0.5) is 0 Å². The van der Waals surface area contributed by atoms with Crippen LogP contribution in [0.5, 0.6) is 5.75 Å². The van der Waals surface area contributed by atoms with Gasteiger partial charge >= 0.3 is 0 Å². The molecule has 1 heterocycles. The van der Waals surface area contributed by atoms with Gasteiger partial charge in [0.25, 0.3) is 0 Å². The maximum absolute atomic E-state index is 5.61. The first-order valence-electron chi connectivity index (χ1n) is 5.37. The molecule has 1 aliphatic heterocycles. The molecule has 1 aliphatic rings. The fourth-order valence-electron chi connectivity index (χ4n) is 2.01. The topological polar surface area (TPSA) is 21.3 Å². The number of rotatable bonds is 3. The first kappa shape index (κ1) is 9.53. The summed E-state index contributed by atoms with van der Waals surface area (Å²) in [6.45, 7) is 3.90. The van der Waals surface area contributed by atoms with Crippen LogP contribution in [-0.2, 0) is 0 Å². The number of benzene rings is 1. The molecule has 0 radical (unpaired) electrons. The van der Waals surface area contributed by atoms with E-state index in [2.05, 4.69) is 23.5 Å². The van der Waals surface area contributed by atoms with E-state index in [1.807, 2.05) is 13.0 Å². The lowest BCUT2D eigenvalue weighted by molar-refractivity contribution is 0.333. The summed E-state index contributed by atoms with van der Waals surface area (Å²) in [5.74, 6) is 1.04. The van der Waals surface area contributed by atoms with Crippen LogP contribution in [0.1, 0.15) is 31.4 Å². The smallest absolute Gasteiger partial charge is 0.124 e. The zero-order valence-electron chi connectivity index (χ0n) is 8.62. The van der Waals surface area contributed by atoms with E-state index >= 15 is 0 Å². The minimum Gasteiger partial charge on any atom is -0.494 e. The van der Waals surface area contributed by atoms with Crippen molar-refractivity contribution < 1.29 is 4.74 Å². The molecular weight excluding hydrogens is 174 g/mol. The Morgan fingerprint density at radius 1 is 1.43 bits per heavy atom. The van der Waals surface area contributed by atoms with E-state index in [1.165, 1.54) is 18.4 Å². The molecule has 2 rings (SSSR count). The lowest BCUT2D eigenvalue weighted by atomic mass is 10.0. The van der Waals surface area contributed by atoms with Crippen molar-refractivity contribution in [1.82, 2.24) is 5.32 Å². The molecular formula is C12H17NO. The zero-order valence-corrected chi connectivity index (χ0v) is 8.62. The minimum atomic E-state index is 0.498. The van der Waals surface area contributed by atoms with Crippen LogP contribution in [0.25, 0.3) is 0 Å². The van der Waals surface area contributed by atoms with Gasteiger partial charge in [0, 0.05) is 11.6 Å². The summed E-state index contributed by atoms with van der Waals surface area (Å²) < 4.78 is 5.61. The molecule has 0 aromatic heterocycles. The van der Waals surface area contributed by atoms with Gasteiger partial charge in [-0.1, -0.05) is 18.2 Å². The maximum Gasteiger partial charge on any atom is 0.124 e. The van der Waals surface area contributed by atoms with Crippen molar-refractivity contribution in [2.24, 2.45) is 0 Å². The van der Waals surface area contributed by atoms with Gasteiger partial charge in [-0.25, -0.2) is 0 Å². The summed E-state index contributed by atoms with van der Waals surface area (Å²) in [6.07, 6.45) is 2.50. The summed E-state index contributed by atoms with van der Waals surface area (Å²) in [5, 5.41) is 3.49. The van der Waals surface area contributed by atoms with Crippen LogP contribution in [0.15, 0.2) is 24.3 Å². The fourth-order valence-corrected chi connectivity index (χ4v) is 2.01. The average Bonchev–Trinajstić information content (AvgIpc) is 2.72. The highest BCUT2D eigenvalue weighted by molar-refractivity contribution is 5.36. The van der Waals surface area contributed by atoms with E-state index in [4.69, 9.17) is 4.74 Å². The molecule has 14 heavy (non-hydrogen) atoms. The summed E-state index contributed by atoms with van der Waals surface area (Å²) in [4.78, 5) is 0. The van der Waals surface area contributed by atoms with Crippen molar-refractivity contribution in [1.29, 1.82) is 0 Å².